The summed E-state index contributed by atoms with van der Waals surface area (Å²) in [4.78, 5) is 18.9. The first kappa shape index (κ1) is 18.5. The van der Waals surface area contributed by atoms with Crippen LogP contribution in [0.5, 0.6) is 0 Å². The Bertz CT molecular complexity index is 897. The maximum atomic E-state index is 13.8. The van der Waals surface area contributed by atoms with E-state index in [-0.39, 0.29) is 35.2 Å². The number of nitrogens with two attached hydrogens (primary N) is 2. The van der Waals surface area contributed by atoms with Crippen molar-refractivity contribution in [1.29, 1.82) is 0 Å². The second-order valence-corrected chi connectivity index (χ2v) is 6.30. The first-order chi connectivity index (χ1) is 13.0. The van der Waals surface area contributed by atoms with Crippen molar-refractivity contribution < 1.29 is 9.18 Å². The van der Waals surface area contributed by atoms with Gasteiger partial charge in [-0.15, -0.1) is 10.2 Å². The summed E-state index contributed by atoms with van der Waals surface area (Å²) < 4.78 is 13.8. The van der Waals surface area contributed by atoms with Gasteiger partial charge in [-0.05, 0) is 25.0 Å². The Balaban J connectivity index is 1.87. The summed E-state index contributed by atoms with van der Waals surface area (Å²) in [5.41, 5.74) is 11.5. The molecule has 10 heteroatoms. The Hall–Kier alpha value is -3.32. The fraction of sp³-hybridized carbons (Fsp3) is 0.353. The Morgan fingerprint density at radius 2 is 2.07 bits per heavy atom. The number of nitrogens with zero attached hydrogens (tertiary/aromatic N) is 4. The van der Waals surface area contributed by atoms with Crippen LogP contribution in [-0.4, -0.2) is 33.2 Å². The van der Waals surface area contributed by atoms with E-state index in [1.165, 1.54) is 12.1 Å². The van der Waals surface area contributed by atoms with E-state index in [4.69, 9.17) is 18.0 Å². The molecule has 1 saturated carbocycles. The van der Waals surface area contributed by atoms with Crippen LogP contribution in [-0.2, 0) is 0 Å². The number of hydrogen-bond donors (Lipinski definition) is 4. The molecule has 6 N–H and O–H groups in total. The van der Waals surface area contributed by atoms with Crippen molar-refractivity contribution in [1.82, 2.24) is 15.2 Å². The van der Waals surface area contributed by atoms with Gasteiger partial charge in [0, 0.05) is 17.8 Å². The zero-order valence-electron chi connectivity index (χ0n) is 14.4. The minimum Gasteiger partial charge on any atom is -0.364 e. The Labute approximate surface area is 155 Å². The Kier molecular flexibility index (Phi) is 5.42. The molecule has 1 amide bonds. The van der Waals surface area contributed by atoms with Gasteiger partial charge in [0.15, 0.2) is 11.5 Å². The minimum atomic E-state index is -0.823. The first-order valence-electron chi connectivity index (χ1n) is 8.48. The van der Waals surface area contributed by atoms with Crippen molar-refractivity contribution in [3.05, 3.63) is 41.1 Å². The van der Waals surface area contributed by atoms with E-state index < -0.39 is 11.7 Å². The molecule has 1 aromatic carbocycles. The summed E-state index contributed by atoms with van der Waals surface area (Å²) in [6.07, 6.45) is 3.92. The summed E-state index contributed by atoms with van der Waals surface area (Å²) in [6, 6.07) is 3.93. The van der Waals surface area contributed by atoms with Crippen molar-refractivity contribution in [2.75, 3.05) is 10.6 Å². The predicted molar refractivity (Wildman–Crippen MR) is 98.1 cm³/mol. The summed E-state index contributed by atoms with van der Waals surface area (Å²) in [7, 11) is 0. The summed E-state index contributed by atoms with van der Waals surface area (Å²) in [5.74, 6) is -1.27. The lowest BCUT2D eigenvalue weighted by molar-refractivity contribution is 0.0995. The smallest absolute Gasteiger partial charge is 0.273 e. The highest BCUT2D eigenvalue weighted by Gasteiger charge is 2.23. The zero-order valence-corrected chi connectivity index (χ0v) is 14.4. The number of carbonyl (C=O) groups excluding carboxylic acids is 1. The topological polar surface area (TPSA) is 136 Å². The quantitative estimate of drug-likeness (QED) is 0.592. The van der Waals surface area contributed by atoms with Gasteiger partial charge in [0.1, 0.15) is 5.82 Å². The van der Waals surface area contributed by atoms with Crippen LogP contribution in [0.4, 0.5) is 27.5 Å². The first-order valence-corrected chi connectivity index (χ1v) is 8.48. The maximum absolute atomic E-state index is 13.8. The molecule has 1 aliphatic rings. The molecule has 0 bridgehead atoms. The number of anilines is 3. The van der Waals surface area contributed by atoms with Gasteiger partial charge in [-0.25, -0.2) is 9.24 Å². The molecule has 1 aliphatic carbocycles. The second-order valence-electron chi connectivity index (χ2n) is 6.30. The number of benzene rings is 1. The van der Waals surface area contributed by atoms with E-state index in [1.54, 1.807) is 0 Å². The highest BCUT2D eigenvalue weighted by Crippen LogP contribution is 2.25. The van der Waals surface area contributed by atoms with E-state index in [0.29, 0.717) is 5.69 Å². The SMILES string of the molecule is [C-]#[N+]c1ccc(Nc2nc(N[C@@H]3CCCC[C@@H]3N)nnc2C(N)=O)cc1F. The van der Waals surface area contributed by atoms with Crippen LogP contribution in [0, 0.1) is 12.4 Å². The van der Waals surface area contributed by atoms with Gasteiger partial charge in [0.05, 0.1) is 6.57 Å². The van der Waals surface area contributed by atoms with Crippen molar-refractivity contribution >= 4 is 29.0 Å². The molecule has 1 aromatic heterocycles. The molecule has 0 saturated heterocycles. The summed E-state index contributed by atoms with van der Waals surface area (Å²) >= 11 is 0. The molecule has 140 valence electrons. The summed E-state index contributed by atoms with van der Waals surface area (Å²) in [6.45, 7) is 6.89. The van der Waals surface area contributed by atoms with E-state index in [9.17, 15) is 9.18 Å². The maximum Gasteiger partial charge on any atom is 0.273 e. The Morgan fingerprint density at radius 3 is 2.74 bits per heavy atom. The third kappa shape index (κ3) is 4.27. The average molecular weight is 370 g/mol. The van der Waals surface area contributed by atoms with Gasteiger partial charge in [0.2, 0.25) is 11.6 Å². The molecule has 0 aliphatic heterocycles. The lowest BCUT2D eigenvalue weighted by atomic mass is 9.91. The van der Waals surface area contributed by atoms with Crippen molar-refractivity contribution in [2.45, 2.75) is 37.8 Å². The van der Waals surface area contributed by atoms with Gasteiger partial charge < -0.3 is 22.1 Å². The zero-order chi connectivity index (χ0) is 19.4. The van der Waals surface area contributed by atoms with Crippen LogP contribution in [0.15, 0.2) is 18.2 Å². The molecule has 1 fully saturated rings. The number of primary amides is 1. The second kappa shape index (κ2) is 7.92. The van der Waals surface area contributed by atoms with Crippen LogP contribution >= 0.6 is 0 Å². The summed E-state index contributed by atoms with van der Waals surface area (Å²) in [5, 5.41) is 13.7. The number of rotatable bonds is 5. The molecule has 27 heavy (non-hydrogen) atoms. The lowest BCUT2D eigenvalue weighted by Crippen LogP contribution is -2.43. The molecule has 0 unspecified atom stereocenters. The van der Waals surface area contributed by atoms with Gasteiger partial charge >= 0.3 is 0 Å². The van der Waals surface area contributed by atoms with Crippen LogP contribution in [0.25, 0.3) is 4.85 Å². The van der Waals surface area contributed by atoms with E-state index >= 15 is 0 Å². The highest BCUT2D eigenvalue weighted by molar-refractivity contribution is 5.96. The van der Waals surface area contributed by atoms with Crippen LogP contribution < -0.4 is 22.1 Å². The Morgan fingerprint density at radius 1 is 1.30 bits per heavy atom. The van der Waals surface area contributed by atoms with E-state index in [2.05, 4.69) is 30.7 Å². The monoisotopic (exact) mass is 370 g/mol. The van der Waals surface area contributed by atoms with E-state index in [0.717, 1.165) is 31.7 Å². The van der Waals surface area contributed by atoms with Gasteiger partial charge in [-0.3, -0.25) is 4.79 Å². The minimum absolute atomic E-state index is 0.00298. The predicted octanol–water partition coefficient (Wildman–Crippen LogP) is 2.09. The third-order valence-corrected chi connectivity index (χ3v) is 4.38. The molecular weight excluding hydrogens is 351 g/mol. The molecule has 2 aromatic rings. The standard InChI is InChI=1S/C17H19FN8O/c1-21-12-7-6-9(8-10(12)18)22-16-14(15(20)27)25-26-17(24-16)23-13-5-3-2-4-11(13)19/h6-8,11,13H,2-5,19H2,(H2,20,27)(H2,22,23,24,26)/t11-,13+/m0/s1. The molecule has 0 spiro atoms. The van der Waals surface area contributed by atoms with Crippen LogP contribution in [0.2, 0.25) is 0 Å². The molecule has 2 atom stereocenters. The van der Waals surface area contributed by atoms with Gasteiger partial charge in [0.25, 0.3) is 5.91 Å². The molecule has 1 heterocycles. The molecule has 3 rings (SSSR count). The van der Waals surface area contributed by atoms with Gasteiger partial charge in [-0.1, -0.05) is 18.9 Å². The molecular formula is C17H19FN8O. The average Bonchev–Trinajstić information content (AvgIpc) is 2.64. The number of hydrogen-bond acceptors (Lipinski definition) is 7. The van der Waals surface area contributed by atoms with Gasteiger partial charge in [-0.2, -0.15) is 4.98 Å². The fourth-order valence-electron chi connectivity index (χ4n) is 2.96. The molecule has 0 radical (unpaired) electrons. The van der Waals surface area contributed by atoms with E-state index in [1.807, 2.05) is 0 Å². The number of halogens is 1. The largest absolute Gasteiger partial charge is 0.364 e. The van der Waals surface area contributed by atoms with Crippen LogP contribution in [0.3, 0.4) is 0 Å². The van der Waals surface area contributed by atoms with Crippen molar-refractivity contribution in [3.8, 4) is 0 Å². The molecule has 9 nitrogen and oxygen atoms in total. The number of nitrogens with one attached hydrogen (secondary N) is 2. The number of carbonyl (C=O) groups is 1. The van der Waals surface area contributed by atoms with Crippen molar-refractivity contribution in [3.63, 3.8) is 0 Å². The number of amides is 1. The highest BCUT2D eigenvalue weighted by atomic mass is 19.1. The number of aromatic nitrogens is 3. The normalized spacial score (nSPS) is 19.1. The lowest BCUT2D eigenvalue weighted by Gasteiger charge is -2.29. The van der Waals surface area contributed by atoms with Crippen LogP contribution in [0.1, 0.15) is 36.2 Å². The van der Waals surface area contributed by atoms with Crippen molar-refractivity contribution in [2.24, 2.45) is 11.5 Å². The third-order valence-electron chi connectivity index (χ3n) is 4.38. The fourth-order valence-corrected chi connectivity index (χ4v) is 2.96.